The highest BCUT2D eigenvalue weighted by Gasteiger charge is 2.37. The van der Waals surface area contributed by atoms with Crippen molar-refractivity contribution in [1.29, 1.82) is 0 Å². The van der Waals surface area contributed by atoms with Gasteiger partial charge in [0.1, 0.15) is 12.0 Å². The molecule has 0 radical (unpaired) electrons. The minimum Gasteiger partial charge on any atom is -0.255 e. The normalized spacial score (nSPS) is 12.0. The summed E-state index contributed by atoms with van der Waals surface area (Å²) < 4.78 is 43.0. The maximum atomic E-state index is 13.4. The number of hydrogen-bond acceptors (Lipinski definition) is 5. The standard InChI is InChI=1S/C15H10F3N7/c1-24-8-20-13(23-24)10-4-2-3-9(7-10)11-12(15(16,17)18)21-14-19-5-6-25(14)22-11/h2-8H,1H3. The third kappa shape index (κ3) is 2.71. The largest absolute Gasteiger partial charge is 0.435 e. The monoisotopic (exact) mass is 345 g/mol. The maximum absolute atomic E-state index is 13.4. The van der Waals surface area contributed by atoms with E-state index in [4.69, 9.17) is 0 Å². The fraction of sp³-hybridized carbons (Fsp3) is 0.133. The topological polar surface area (TPSA) is 73.8 Å². The van der Waals surface area contributed by atoms with E-state index in [2.05, 4.69) is 25.1 Å². The Morgan fingerprint density at radius 1 is 1.04 bits per heavy atom. The van der Waals surface area contributed by atoms with Gasteiger partial charge in [0.05, 0.1) is 6.20 Å². The minimum absolute atomic E-state index is 0.112. The van der Waals surface area contributed by atoms with Gasteiger partial charge in [0.25, 0.3) is 5.78 Å². The van der Waals surface area contributed by atoms with Crippen molar-refractivity contribution in [3.63, 3.8) is 0 Å². The zero-order valence-electron chi connectivity index (χ0n) is 12.8. The van der Waals surface area contributed by atoms with E-state index in [9.17, 15) is 13.2 Å². The van der Waals surface area contributed by atoms with Crippen LogP contribution in [0.2, 0.25) is 0 Å². The zero-order chi connectivity index (χ0) is 17.6. The van der Waals surface area contributed by atoms with Crippen molar-refractivity contribution in [2.75, 3.05) is 0 Å². The number of benzene rings is 1. The van der Waals surface area contributed by atoms with Gasteiger partial charge in [0, 0.05) is 24.4 Å². The molecule has 7 nitrogen and oxygen atoms in total. The predicted molar refractivity (Wildman–Crippen MR) is 81.2 cm³/mol. The van der Waals surface area contributed by atoms with E-state index in [1.807, 2.05) is 0 Å². The average Bonchev–Trinajstić information content (AvgIpc) is 3.21. The second kappa shape index (κ2) is 5.36. The molecule has 3 aromatic heterocycles. The molecule has 0 saturated heterocycles. The molecular formula is C15H10F3N7. The van der Waals surface area contributed by atoms with Gasteiger partial charge < -0.3 is 0 Å². The SMILES string of the molecule is Cn1cnc(-c2cccc(-c3nn4ccnc4nc3C(F)(F)F)c2)n1. The van der Waals surface area contributed by atoms with Gasteiger partial charge in [0.15, 0.2) is 11.5 Å². The number of rotatable bonds is 2. The summed E-state index contributed by atoms with van der Waals surface area (Å²) in [5.74, 6) is 0.299. The molecule has 0 saturated carbocycles. The van der Waals surface area contributed by atoms with Crippen LogP contribution in [0.3, 0.4) is 0 Å². The number of nitrogens with zero attached hydrogens (tertiary/aromatic N) is 7. The maximum Gasteiger partial charge on any atom is 0.435 e. The molecule has 3 heterocycles. The van der Waals surface area contributed by atoms with Crippen molar-refractivity contribution in [1.82, 2.24) is 34.3 Å². The Labute approximate surface area is 138 Å². The fourth-order valence-electron chi connectivity index (χ4n) is 2.42. The van der Waals surface area contributed by atoms with Crippen molar-refractivity contribution in [2.45, 2.75) is 6.18 Å². The van der Waals surface area contributed by atoms with E-state index in [-0.39, 0.29) is 17.0 Å². The van der Waals surface area contributed by atoms with E-state index in [0.29, 0.717) is 11.4 Å². The molecule has 0 aliphatic carbocycles. The van der Waals surface area contributed by atoms with Crippen LogP contribution in [-0.4, -0.2) is 34.3 Å². The third-order valence-electron chi connectivity index (χ3n) is 3.51. The van der Waals surface area contributed by atoms with Gasteiger partial charge in [0.2, 0.25) is 0 Å². The quantitative estimate of drug-likeness (QED) is 0.558. The Balaban J connectivity index is 1.92. The molecule has 0 aliphatic rings. The van der Waals surface area contributed by atoms with Gasteiger partial charge in [-0.2, -0.15) is 23.4 Å². The lowest BCUT2D eigenvalue weighted by molar-refractivity contribution is -0.140. The van der Waals surface area contributed by atoms with Crippen molar-refractivity contribution in [3.8, 4) is 22.6 Å². The van der Waals surface area contributed by atoms with E-state index >= 15 is 0 Å². The highest BCUT2D eigenvalue weighted by molar-refractivity contribution is 5.69. The summed E-state index contributed by atoms with van der Waals surface area (Å²) in [6, 6.07) is 6.43. The van der Waals surface area contributed by atoms with Gasteiger partial charge in [-0.05, 0) is 6.07 Å². The van der Waals surface area contributed by atoms with Gasteiger partial charge in [-0.15, -0.1) is 0 Å². The summed E-state index contributed by atoms with van der Waals surface area (Å²) in [5.41, 5.74) is -0.521. The number of alkyl halides is 3. The van der Waals surface area contributed by atoms with Crippen LogP contribution in [0.1, 0.15) is 5.69 Å². The van der Waals surface area contributed by atoms with Crippen molar-refractivity contribution in [2.24, 2.45) is 7.05 Å². The molecule has 4 rings (SSSR count). The van der Waals surface area contributed by atoms with Crippen LogP contribution >= 0.6 is 0 Å². The first-order valence-corrected chi connectivity index (χ1v) is 7.17. The average molecular weight is 345 g/mol. The zero-order valence-corrected chi connectivity index (χ0v) is 12.8. The fourth-order valence-corrected chi connectivity index (χ4v) is 2.42. The minimum atomic E-state index is -4.66. The lowest BCUT2D eigenvalue weighted by Gasteiger charge is -2.11. The summed E-state index contributed by atoms with van der Waals surface area (Å²) in [6.45, 7) is 0. The summed E-state index contributed by atoms with van der Waals surface area (Å²) in [5, 5.41) is 8.20. The lowest BCUT2D eigenvalue weighted by Crippen LogP contribution is -2.14. The molecule has 25 heavy (non-hydrogen) atoms. The van der Waals surface area contributed by atoms with Crippen LogP contribution < -0.4 is 0 Å². The van der Waals surface area contributed by atoms with Crippen LogP contribution in [0.5, 0.6) is 0 Å². The van der Waals surface area contributed by atoms with Gasteiger partial charge in [-0.3, -0.25) is 4.68 Å². The number of fused-ring (bicyclic) bond motifs is 1. The van der Waals surface area contributed by atoms with Crippen LogP contribution in [0.15, 0.2) is 43.0 Å². The highest BCUT2D eigenvalue weighted by Crippen LogP contribution is 2.35. The van der Waals surface area contributed by atoms with E-state index in [0.717, 1.165) is 0 Å². The van der Waals surface area contributed by atoms with E-state index in [1.165, 1.54) is 34.0 Å². The van der Waals surface area contributed by atoms with Crippen LogP contribution in [-0.2, 0) is 13.2 Å². The van der Waals surface area contributed by atoms with Crippen LogP contribution in [0, 0.1) is 0 Å². The number of aryl methyl sites for hydroxylation is 1. The first-order valence-electron chi connectivity index (χ1n) is 7.17. The lowest BCUT2D eigenvalue weighted by atomic mass is 10.1. The van der Waals surface area contributed by atoms with Gasteiger partial charge >= 0.3 is 6.18 Å². The molecule has 0 spiro atoms. The first-order chi connectivity index (χ1) is 11.9. The molecule has 0 bridgehead atoms. The Bertz CT molecular complexity index is 1060. The molecule has 0 unspecified atom stereocenters. The third-order valence-corrected chi connectivity index (χ3v) is 3.51. The van der Waals surface area contributed by atoms with E-state index < -0.39 is 11.9 Å². The summed E-state index contributed by atoms with van der Waals surface area (Å²) >= 11 is 0. The summed E-state index contributed by atoms with van der Waals surface area (Å²) in [7, 11) is 1.71. The Morgan fingerprint density at radius 3 is 2.56 bits per heavy atom. The second-order valence-corrected chi connectivity index (χ2v) is 5.30. The molecule has 0 atom stereocenters. The Hall–Kier alpha value is -3.30. The van der Waals surface area contributed by atoms with Crippen molar-refractivity contribution >= 4 is 5.78 Å². The predicted octanol–water partition coefficient (Wildman–Crippen LogP) is 2.61. The Morgan fingerprint density at radius 2 is 1.84 bits per heavy atom. The number of aromatic nitrogens is 7. The van der Waals surface area contributed by atoms with Gasteiger partial charge in [-0.25, -0.2) is 19.5 Å². The number of halogens is 3. The van der Waals surface area contributed by atoms with Crippen LogP contribution in [0.25, 0.3) is 28.4 Å². The second-order valence-electron chi connectivity index (χ2n) is 5.30. The molecule has 0 fully saturated rings. The Kier molecular flexibility index (Phi) is 3.27. The highest BCUT2D eigenvalue weighted by atomic mass is 19.4. The molecule has 126 valence electrons. The molecule has 0 amide bonds. The molecule has 1 aromatic carbocycles. The van der Waals surface area contributed by atoms with E-state index in [1.54, 1.807) is 25.2 Å². The van der Waals surface area contributed by atoms with Crippen molar-refractivity contribution < 1.29 is 13.2 Å². The molecule has 0 N–H and O–H groups in total. The molecular weight excluding hydrogens is 335 g/mol. The van der Waals surface area contributed by atoms with Gasteiger partial charge in [-0.1, -0.05) is 18.2 Å². The molecule has 4 aromatic rings. The molecule has 10 heteroatoms. The smallest absolute Gasteiger partial charge is 0.255 e. The number of imidazole rings is 1. The summed E-state index contributed by atoms with van der Waals surface area (Å²) in [4.78, 5) is 11.5. The number of hydrogen-bond donors (Lipinski definition) is 0. The first kappa shape index (κ1) is 15.2. The van der Waals surface area contributed by atoms with Crippen molar-refractivity contribution in [3.05, 3.63) is 48.7 Å². The molecule has 0 aliphatic heterocycles. The van der Waals surface area contributed by atoms with Crippen LogP contribution in [0.4, 0.5) is 13.2 Å². The summed E-state index contributed by atoms with van der Waals surface area (Å²) in [6.07, 6.45) is -0.362.